The second kappa shape index (κ2) is 18.0. The molecule has 0 rings (SSSR count). The second-order valence-corrected chi connectivity index (χ2v) is 11.7. The zero-order valence-corrected chi connectivity index (χ0v) is 19.1. The van der Waals surface area contributed by atoms with Gasteiger partial charge in [-0.15, -0.1) is 0 Å². The molecule has 0 heterocycles. The van der Waals surface area contributed by atoms with E-state index in [2.05, 4.69) is 0 Å². The van der Waals surface area contributed by atoms with Gasteiger partial charge in [0.25, 0.3) is 0 Å². The van der Waals surface area contributed by atoms with E-state index in [-0.39, 0.29) is 18.3 Å². The molecule has 0 amide bonds. The van der Waals surface area contributed by atoms with Crippen LogP contribution in [0.4, 0.5) is 0 Å². The molecule has 0 aromatic heterocycles. The third kappa shape index (κ3) is 19.9. The van der Waals surface area contributed by atoms with Crippen molar-refractivity contribution >= 4 is 58.8 Å². The van der Waals surface area contributed by atoms with Crippen molar-refractivity contribution in [2.75, 3.05) is 51.8 Å². The summed E-state index contributed by atoms with van der Waals surface area (Å²) in [6.07, 6.45) is -0.654. The lowest BCUT2D eigenvalue weighted by molar-refractivity contribution is 0.220. The Balaban J connectivity index is 3.82. The molecule has 0 aliphatic heterocycles. The summed E-state index contributed by atoms with van der Waals surface area (Å²) in [5.41, 5.74) is 0. The normalized spacial score (nSPS) is 16.8. The maximum atomic E-state index is 9.40. The largest absolute Gasteiger partial charge is 0.393 e. The Morgan fingerprint density at radius 2 is 0.917 bits per heavy atom. The molecule has 0 aliphatic rings. The van der Waals surface area contributed by atoms with Gasteiger partial charge in [0, 0.05) is 57.0 Å². The lowest BCUT2D eigenvalue weighted by Crippen LogP contribution is -2.15. The van der Waals surface area contributed by atoms with Crippen molar-refractivity contribution in [1.82, 2.24) is 0 Å². The van der Waals surface area contributed by atoms with Gasteiger partial charge in [0.2, 0.25) is 0 Å². The Labute approximate surface area is 169 Å². The fraction of sp³-hybridized carbons (Fsp3) is 1.00. The first-order chi connectivity index (χ1) is 11.4. The molecular formula is C16H34O3S5. The molecule has 8 heteroatoms. The molecule has 0 saturated heterocycles. The summed E-state index contributed by atoms with van der Waals surface area (Å²) in [5.74, 6) is 9.11. The number of hydrogen-bond acceptors (Lipinski definition) is 8. The summed E-state index contributed by atoms with van der Waals surface area (Å²) in [6, 6.07) is 0. The zero-order valence-electron chi connectivity index (χ0n) is 15.1. The predicted molar refractivity (Wildman–Crippen MR) is 121 cm³/mol. The van der Waals surface area contributed by atoms with Crippen molar-refractivity contribution in [1.29, 1.82) is 0 Å². The summed E-state index contributed by atoms with van der Waals surface area (Å²) in [5, 5.41) is 28.5. The number of aliphatic hydroxyl groups is 3. The van der Waals surface area contributed by atoms with Crippen LogP contribution in [0.25, 0.3) is 0 Å². The quantitative estimate of drug-likeness (QED) is 0.302. The Morgan fingerprint density at radius 1 is 0.542 bits per heavy atom. The molecule has 4 atom stereocenters. The minimum atomic E-state index is -0.230. The van der Waals surface area contributed by atoms with Crippen LogP contribution in [0.3, 0.4) is 0 Å². The van der Waals surface area contributed by atoms with E-state index >= 15 is 0 Å². The van der Waals surface area contributed by atoms with Crippen LogP contribution in [0.1, 0.15) is 20.8 Å². The summed E-state index contributed by atoms with van der Waals surface area (Å²) in [6.45, 7) is 5.51. The third-order valence-electron chi connectivity index (χ3n) is 2.64. The van der Waals surface area contributed by atoms with Gasteiger partial charge in [0.05, 0.1) is 18.3 Å². The molecule has 3 N–H and O–H groups in total. The first kappa shape index (κ1) is 25.6. The van der Waals surface area contributed by atoms with E-state index in [1.165, 1.54) is 0 Å². The van der Waals surface area contributed by atoms with Crippen LogP contribution in [-0.4, -0.2) is 90.7 Å². The smallest absolute Gasteiger partial charge is 0.0602 e. The van der Waals surface area contributed by atoms with E-state index < -0.39 is 0 Å². The number of aliphatic hydroxyl groups excluding tert-OH is 3. The predicted octanol–water partition coefficient (Wildman–Crippen LogP) is 3.16. The topological polar surface area (TPSA) is 60.7 Å². The first-order valence-electron chi connectivity index (χ1n) is 8.38. The highest BCUT2D eigenvalue weighted by atomic mass is 32.2. The fourth-order valence-corrected chi connectivity index (χ4v) is 7.68. The van der Waals surface area contributed by atoms with Crippen LogP contribution >= 0.6 is 58.8 Å². The summed E-state index contributed by atoms with van der Waals surface area (Å²) in [7, 11) is 0. The van der Waals surface area contributed by atoms with Gasteiger partial charge in [-0.05, 0) is 20.8 Å². The molecule has 0 radical (unpaired) electrons. The molecule has 0 bridgehead atoms. The molecule has 0 aromatic rings. The van der Waals surface area contributed by atoms with Crippen LogP contribution in [0.2, 0.25) is 0 Å². The van der Waals surface area contributed by atoms with Crippen LogP contribution in [-0.2, 0) is 0 Å². The Hall–Kier alpha value is 1.63. The minimum absolute atomic E-state index is 0.209. The Bertz CT molecular complexity index is 268. The van der Waals surface area contributed by atoms with Crippen molar-refractivity contribution in [3.8, 4) is 0 Å². The van der Waals surface area contributed by atoms with Crippen molar-refractivity contribution < 1.29 is 15.3 Å². The number of hydrogen-bond donors (Lipinski definition) is 3. The molecule has 146 valence electrons. The highest BCUT2D eigenvalue weighted by Gasteiger charge is 2.11. The standard InChI is InChI=1S/C16H34O3S5/c1-13(17)8-20-4-5-22-11-16(12-23-10-15(3)19)24-7-6-21-9-14(2)18/h13-19H,4-12H2,1-3H3. The molecule has 0 spiro atoms. The number of thioether (sulfide) groups is 5. The van der Waals surface area contributed by atoms with Gasteiger partial charge in [-0.2, -0.15) is 58.8 Å². The lowest BCUT2D eigenvalue weighted by atomic mass is 10.5. The fourth-order valence-electron chi connectivity index (χ4n) is 1.63. The van der Waals surface area contributed by atoms with Crippen LogP contribution in [0.15, 0.2) is 0 Å². The molecule has 4 unspecified atom stereocenters. The van der Waals surface area contributed by atoms with Gasteiger partial charge in [-0.25, -0.2) is 0 Å². The number of rotatable bonds is 17. The maximum Gasteiger partial charge on any atom is 0.0602 e. The molecule has 0 aliphatic carbocycles. The maximum absolute atomic E-state index is 9.40. The highest BCUT2D eigenvalue weighted by Crippen LogP contribution is 2.23. The van der Waals surface area contributed by atoms with E-state index in [4.69, 9.17) is 0 Å². The van der Waals surface area contributed by atoms with Gasteiger partial charge in [-0.1, -0.05) is 0 Å². The zero-order chi connectivity index (χ0) is 18.2. The lowest BCUT2D eigenvalue weighted by Gasteiger charge is -2.17. The first-order valence-corrected chi connectivity index (χ1v) is 14.0. The van der Waals surface area contributed by atoms with Gasteiger partial charge < -0.3 is 15.3 Å². The van der Waals surface area contributed by atoms with E-state index in [1.54, 1.807) is 0 Å². The minimum Gasteiger partial charge on any atom is -0.393 e. The van der Waals surface area contributed by atoms with Crippen molar-refractivity contribution in [3.05, 3.63) is 0 Å². The molecule has 0 fully saturated rings. The van der Waals surface area contributed by atoms with E-state index in [1.807, 2.05) is 79.6 Å². The average molecular weight is 435 g/mol. The average Bonchev–Trinajstić information content (AvgIpc) is 2.48. The van der Waals surface area contributed by atoms with Crippen LogP contribution in [0, 0.1) is 0 Å². The monoisotopic (exact) mass is 434 g/mol. The SMILES string of the molecule is CC(O)CSCCSCC(CSCC(C)O)SCCSCC(C)O. The van der Waals surface area contributed by atoms with Gasteiger partial charge in [0.1, 0.15) is 0 Å². The van der Waals surface area contributed by atoms with Gasteiger partial charge in [-0.3, -0.25) is 0 Å². The Morgan fingerprint density at radius 3 is 1.42 bits per heavy atom. The third-order valence-corrected chi connectivity index (χ3v) is 9.73. The molecule has 0 saturated carbocycles. The van der Waals surface area contributed by atoms with E-state index in [0.29, 0.717) is 5.25 Å². The molecule has 3 nitrogen and oxygen atoms in total. The van der Waals surface area contributed by atoms with Crippen LogP contribution in [0.5, 0.6) is 0 Å². The van der Waals surface area contributed by atoms with Crippen molar-refractivity contribution in [2.24, 2.45) is 0 Å². The van der Waals surface area contributed by atoms with Crippen molar-refractivity contribution in [3.63, 3.8) is 0 Å². The van der Waals surface area contributed by atoms with E-state index in [0.717, 1.165) is 51.8 Å². The summed E-state index contributed by atoms with van der Waals surface area (Å²) >= 11 is 9.49. The molecule has 0 aromatic carbocycles. The van der Waals surface area contributed by atoms with Crippen molar-refractivity contribution in [2.45, 2.75) is 44.3 Å². The summed E-state index contributed by atoms with van der Waals surface area (Å²) in [4.78, 5) is 0. The van der Waals surface area contributed by atoms with E-state index in [9.17, 15) is 15.3 Å². The molecular weight excluding hydrogens is 401 g/mol. The molecule has 24 heavy (non-hydrogen) atoms. The van der Waals surface area contributed by atoms with Crippen LogP contribution < -0.4 is 0 Å². The van der Waals surface area contributed by atoms with Gasteiger partial charge >= 0.3 is 0 Å². The highest BCUT2D eigenvalue weighted by molar-refractivity contribution is 8.06. The Kier molecular flexibility index (Phi) is 19.2. The van der Waals surface area contributed by atoms with Gasteiger partial charge in [0.15, 0.2) is 0 Å². The second-order valence-electron chi connectivity index (χ2n) is 5.80. The summed E-state index contributed by atoms with van der Waals surface area (Å²) < 4.78 is 0.